The van der Waals surface area contributed by atoms with Gasteiger partial charge < -0.3 is 5.32 Å². The summed E-state index contributed by atoms with van der Waals surface area (Å²) in [6, 6.07) is 0. The fourth-order valence-electron chi connectivity index (χ4n) is 2.46. The van der Waals surface area contributed by atoms with Crippen LogP contribution in [0.25, 0.3) is 0 Å². The van der Waals surface area contributed by atoms with Crippen LogP contribution in [-0.2, 0) is 4.79 Å². The van der Waals surface area contributed by atoms with Gasteiger partial charge in [-0.15, -0.1) is 0 Å². The van der Waals surface area contributed by atoms with E-state index in [1.165, 1.54) is 70.6 Å². The molecule has 0 aliphatic carbocycles. The zero-order valence-electron chi connectivity index (χ0n) is 14.0. The molecule has 0 aromatic carbocycles. The summed E-state index contributed by atoms with van der Waals surface area (Å²) in [6.45, 7) is 5.31. The van der Waals surface area contributed by atoms with Gasteiger partial charge in [-0.3, -0.25) is 4.79 Å². The first-order valence-electron chi connectivity index (χ1n) is 9.08. The van der Waals surface area contributed by atoms with Gasteiger partial charge in [0.05, 0.1) is 0 Å². The minimum atomic E-state index is 0.245. The molecule has 0 atom stereocenters. The fourth-order valence-corrected chi connectivity index (χ4v) is 2.46. The average molecular weight is 284 g/mol. The Hall–Kier alpha value is -0.530. The Morgan fingerprint density at radius 1 is 0.650 bits per heavy atom. The van der Waals surface area contributed by atoms with E-state index < -0.39 is 0 Å². The number of carbonyl (C=O) groups is 1. The van der Waals surface area contributed by atoms with E-state index in [1.807, 2.05) is 0 Å². The van der Waals surface area contributed by atoms with Gasteiger partial charge in [-0.25, -0.2) is 0 Å². The summed E-state index contributed by atoms with van der Waals surface area (Å²) in [4.78, 5) is 11.5. The molecule has 2 heteroatoms. The van der Waals surface area contributed by atoms with Gasteiger partial charge in [-0.2, -0.15) is 0 Å². The van der Waals surface area contributed by atoms with Crippen molar-refractivity contribution in [3.8, 4) is 0 Å². The predicted octanol–water partition coefficient (Wildman–Crippen LogP) is 5.60. The number of rotatable bonds is 15. The lowest BCUT2D eigenvalue weighted by Gasteiger charge is -2.05. The van der Waals surface area contributed by atoms with Crippen LogP contribution in [0.2, 0.25) is 0 Å². The third kappa shape index (κ3) is 15.5. The first-order valence-corrected chi connectivity index (χ1v) is 9.08. The Kier molecular flexibility index (Phi) is 16.1. The highest BCUT2D eigenvalue weighted by Crippen LogP contribution is 2.10. The molecule has 0 spiro atoms. The number of nitrogens with one attached hydrogen (secondary N) is 1. The van der Waals surface area contributed by atoms with Gasteiger partial charge in [0.25, 0.3) is 0 Å². The van der Waals surface area contributed by atoms with Crippen LogP contribution in [-0.4, -0.2) is 12.5 Å². The monoisotopic (exact) mass is 283 g/mol. The Labute approximate surface area is 127 Å². The molecule has 120 valence electrons. The SMILES string of the molecule is CCCCCCCCCCCCNC(=O)CCCCC. The molecule has 0 saturated carbocycles. The van der Waals surface area contributed by atoms with Gasteiger partial charge >= 0.3 is 0 Å². The summed E-state index contributed by atoms with van der Waals surface area (Å²) in [5, 5.41) is 3.03. The van der Waals surface area contributed by atoms with Crippen LogP contribution < -0.4 is 5.32 Å². The van der Waals surface area contributed by atoms with Crippen LogP contribution in [0.5, 0.6) is 0 Å². The molecule has 20 heavy (non-hydrogen) atoms. The summed E-state index contributed by atoms with van der Waals surface area (Å²) in [6.07, 6.45) is 17.6. The van der Waals surface area contributed by atoms with Gasteiger partial charge in [0.2, 0.25) is 5.91 Å². The van der Waals surface area contributed by atoms with Crippen molar-refractivity contribution in [1.29, 1.82) is 0 Å². The predicted molar refractivity (Wildman–Crippen MR) is 89.0 cm³/mol. The minimum absolute atomic E-state index is 0.245. The molecule has 0 bridgehead atoms. The van der Waals surface area contributed by atoms with Crippen molar-refractivity contribution in [2.24, 2.45) is 0 Å². The van der Waals surface area contributed by atoms with Crippen molar-refractivity contribution in [2.75, 3.05) is 6.54 Å². The number of hydrogen-bond acceptors (Lipinski definition) is 1. The molecule has 1 amide bonds. The maximum Gasteiger partial charge on any atom is 0.219 e. The lowest BCUT2D eigenvalue weighted by atomic mass is 10.1. The summed E-state index contributed by atoms with van der Waals surface area (Å²) in [5.74, 6) is 0.245. The molecule has 0 aliphatic heterocycles. The molecule has 2 nitrogen and oxygen atoms in total. The number of amides is 1. The van der Waals surface area contributed by atoms with Crippen molar-refractivity contribution in [1.82, 2.24) is 5.32 Å². The summed E-state index contributed by atoms with van der Waals surface area (Å²) in [7, 11) is 0. The van der Waals surface area contributed by atoms with E-state index >= 15 is 0 Å². The molecule has 0 fully saturated rings. The van der Waals surface area contributed by atoms with Crippen molar-refractivity contribution in [3.05, 3.63) is 0 Å². The molecule has 0 aromatic heterocycles. The summed E-state index contributed by atoms with van der Waals surface area (Å²) < 4.78 is 0. The maximum atomic E-state index is 11.5. The van der Waals surface area contributed by atoms with E-state index in [9.17, 15) is 4.79 Å². The lowest BCUT2D eigenvalue weighted by Crippen LogP contribution is -2.23. The van der Waals surface area contributed by atoms with Gasteiger partial charge in [0.1, 0.15) is 0 Å². The third-order valence-electron chi connectivity index (χ3n) is 3.86. The topological polar surface area (TPSA) is 29.1 Å². The third-order valence-corrected chi connectivity index (χ3v) is 3.86. The highest BCUT2D eigenvalue weighted by Gasteiger charge is 1.99. The van der Waals surface area contributed by atoms with E-state index in [1.54, 1.807) is 0 Å². The second-order valence-corrected chi connectivity index (χ2v) is 5.99. The van der Waals surface area contributed by atoms with Gasteiger partial charge in [-0.1, -0.05) is 84.5 Å². The Morgan fingerprint density at radius 3 is 1.65 bits per heavy atom. The Morgan fingerprint density at radius 2 is 1.10 bits per heavy atom. The molecule has 0 radical (unpaired) electrons. The molecule has 0 rings (SSSR count). The Balaban J connectivity index is 3.07. The van der Waals surface area contributed by atoms with E-state index in [2.05, 4.69) is 19.2 Å². The quantitative estimate of drug-likeness (QED) is 0.389. The van der Waals surface area contributed by atoms with Crippen LogP contribution >= 0.6 is 0 Å². The standard InChI is InChI=1S/C18H37NO/c1-3-5-7-8-9-10-11-12-13-15-17-19-18(20)16-14-6-4-2/h3-17H2,1-2H3,(H,19,20). The smallest absolute Gasteiger partial charge is 0.219 e. The Bertz CT molecular complexity index is 204. The molecular weight excluding hydrogens is 246 g/mol. The molecule has 0 aliphatic rings. The highest BCUT2D eigenvalue weighted by molar-refractivity contribution is 5.75. The molecule has 0 aromatic rings. The second kappa shape index (κ2) is 16.5. The van der Waals surface area contributed by atoms with Gasteiger partial charge in [-0.05, 0) is 12.8 Å². The number of carbonyl (C=O) groups excluding carboxylic acids is 1. The van der Waals surface area contributed by atoms with Crippen LogP contribution in [0, 0.1) is 0 Å². The van der Waals surface area contributed by atoms with Crippen LogP contribution in [0.1, 0.15) is 104 Å². The van der Waals surface area contributed by atoms with Crippen molar-refractivity contribution in [3.63, 3.8) is 0 Å². The zero-order chi connectivity index (χ0) is 14.9. The summed E-state index contributed by atoms with van der Waals surface area (Å²) >= 11 is 0. The molecule has 0 unspecified atom stereocenters. The second-order valence-electron chi connectivity index (χ2n) is 5.99. The fraction of sp³-hybridized carbons (Fsp3) is 0.944. The van der Waals surface area contributed by atoms with Gasteiger partial charge in [0.15, 0.2) is 0 Å². The first-order chi connectivity index (χ1) is 9.81. The van der Waals surface area contributed by atoms with E-state index in [4.69, 9.17) is 0 Å². The van der Waals surface area contributed by atoms with Crippen molar-refractivity contribution < 1.29 is 4.79 Å². The highest BCUT2D eigenvalue weighted by atomic mass is 16.1. The van der Waals surface area contributed by atoms with Crippen molar-refractivity contribution in [2.45, 2.75) is 104 Å². The van der Waals surface area contributed by atoms with Crippen LogP contribution in [0.15, 0.2) is 0 Å². The molecule has 1 N–H and O–H groups in total. The number of hydrogen-bond donors (Lipinski definition) is 1. The first kappa shape index (κ1) is 19.5. The van der Waals surface area contributed by atoms with Crippen molar-refractivity contribution >= 4 is 5.91 Å². The number of unbranched alkanes of at least 4 members (excludes halogenated alkanes) is 11. The molecular formula is C18H37NO. The summed E-state index contributed by atoms with van der Waals surface area (Å²) in [5.41, 5.74) is 0. The maximum absolute atomic E-state index is 11.5. The van der Waals surface area contributed by atoms with E-state index in [-0.39, 0.29) is 5.91 Å². The molecule has 0 saturated heterocycles. The normalized spacial score (nSPS) is 10.7. The molecule has 0 heterocycles. The minimum Gasteiger partial charge on any atom is -0.356 e. The van der Waals surface area contributed by atoms with Crippen LogP contribution in [0.3, 0.4) is 0 Å². The zero-order valence-corrected chi connectivity index (χ0v) is 14.0. The van der Waals surface area contributed by atoms with E-state index in [0.717, 1.165) is 19.4 Å². The van der Waals surface area contributed by atoms with Crippen LogP contribution in [0.4, 0.5) is 0 Å². The lowest BCUT2D eigenvalue weighted by molar-refractivity contribution is -0.121. The largest absolute Gasteiger partial charge is 0.356 e. The average Bonchev–Trinajstić information content (AvgIpc) is 2.45. The van der Waals surface area contributed by atoms with E-state index in [0.29, 0.717) is 6.42 Å². The van der Waals surface area contributed by atoms with Gasteiger partial charge in [0, 0.05) is 13.0 Å².